The Morgan fingerprint density at radius 3 is 1.50 bits per heavy atom. The van der Waals surface area contributed by atoms with Crippen molar-refractivity contribution in [2.24, 2.45) is 0 Å². The molecular weight excluding hydrogens is 219 g/mol. The van der Waals surface area contributed by atoms with E-state index in [2.05, 4.69) is 23.8 Å². The summed E-state index contributed by atoms with van der Waals surface area (Å²) < 4.78 is 0. The largest absolute Gasteiger partial charge is 0.236 e. The van der Waals surface area contributed by atoms with Crippen molar-refractivity contribution in [2.75, 3.05) is 0 Å². The van der Waals surface area contributed by atoms with Gasteiger partial charge in [0, 0.05) is 0 Å². The van der Waals surface area contributed by atoms with Crippen LogP contribution in [0.4, 0.5) is 0 Å². The summed E-state index contributed by atoms with van der Waals surface area (Å²) in [7, 11) is 0. The van der Waals surface area contributed by atoms with E-state index in [9.17, 15) is 0 Å². The fourth-order valence-corrected chi connectivity index (χ4v) is 1.73. The molecule has 0 unspecified atom stereocenters. The lowest BCUT2D eigenvalue weighted by Gasteiger charge is -2.05. The maximum absolute atomic E-state index is 5.98. The van der Waals surface area contributed by atoms with Crippen molar-refractivity contribution in [2.45, 2.75) is 39.5 Å². The van der Waals surface area contributed by atoms with Crippen molar-refractivity contribution < 1.29 is 0 Å². The van der Waals surface area contributed by atoms with Gasteiger partial charge in [0.05, 0.1) is 11.4 Å². The van der Waals surface area contributed by atoms with E-state index in [1.807, 2.05) is 0 Å². The van der Waals surface area contributed by atoms with E-state index in [0.717, 1.165) is 37.1 Å². The van der Waals surface area contributed by atoms with Crippen LogP contribution in [0.3, 0.4) is 0 Å². The molecule has 0 aliphatic carbocycles. The smallest absolute Gasteiger partial charge is 0.150 e. The maximum atomic E-state index is 5.98. The zero-order valence-corrected chi connectivity index (χ0v) is 9.99. The van der Waals surface area contributed by atoms with E-state index in [0.29, 0.717) is 10.3 Å². The molecule has 0 spiro atoms. The molecule has 0 saturated heterocycles. The average molecular weight is 233 g/mol. The molecule has 1 heterocycles. The summed E-state index contributed by atoms with van der Waals surface area (Å²) in [6.45, 7) is 4.15. The molecule has 0 atom stereocenters. The van der Waals surface area contributed by atoms with Gasteiger partial charge in [-0.3, -0.25) is 0 Å². The third-order valence-electron chi connectivity index (χ3n) is 1.92. The lowest BCUT2D eigenvalue weighted by Crippen LogP contribution is -2.00. The summed E-state index contributed by atoms with van der Waals surface area (Å²) in [5.74, 6) is 0. The van der Waals surface area contributed by atoms with E-state index >= 15 is 0 Å². The number of aromatic nitrogens is 2. The van der Waals surface area contributed by atoms with Gasteiger partial charge in [-0.25, -0.2) is 9.97 Å². The summed E-state index contributed by atoms with van der Waals surface area (Å²) >= 11 is 12.0. The lowest BCUT2D eigenvalue weighted by atomic mass is 10.2. The van der Waals surface area contributed by atoms with E-state index < -0.39 is 0 Å². The molecule has 0 N–H and O–H groups in total. The first-order valence-electron chi connectivity index (χ1n) is 4.89. The first-order valence-corrected chi connectivity index (χ1v) is 5.65. The van der Waals surface area contributed by atoms with Crippen molar-refractivity contribution in [3.8, 4) is 0 Å². The van der Waals surface area contributed by atoms with Gasteiger partial charge in [0.25, 0.3) is 0 Å². The van der Waals surface area contributed by atoms with Crippen LogP contribution in [0.5, 0.6) is 0 Å². The third kappa shape index (κ3) is 2.82. The molecule has 0 radical (unpaired) electrons. The van der Waals surface area contributed by atoms with Crippen LogP contribution in [0.15, 0.2) is 0 Å². The fraction of sp³-hybridized carbons (Fsp3) is 0.600. The number of rotatable bonds is 4. The number of hydrogen-bond donors (Lipinski definition) is 0. The van der Waals surface area contributed by atoms with E-state index in [1.54, 1.807) is 0 Å². The number of halogens is 2. The van der Waals surface area contributed by atoms with E-state index in [-0.39, 0.29) is 0 Å². The van der Waals surface area contributed by atoms with Gasteiger partial charge in [-0.2, -0.15) is 0 Å². The minimum Gasteiger partial charge on any atom is -0.236 e. The van der Waals surface area contributed by atoms with Gasteiger partial charge in [-0.15, -0.1) is 0 Å². The van der Waals surface area contributed by atoms with Gasteiger partial charge < -0.3 is 0 Å². The molecule has 0 saturated carbocycles. The second-order valence-corrected chi connectivity index (χ2v) is 3.91. The molecule has 14 heavy (non-hydrogen) atoms. The highest BCUT2D eigenvalue weighted by Crippen LogP contribution is 2.20. The predicted molar refractivity (Wildman–Crippen MR) is 60.0 cm³/mol. The molecule has 4 heteroatoms. The van der Waals surface area contributed by atoms with Crippen LogP contribution in [-0.4, -0.2) is 9.97 Å². The Labute approximate surface area is 94.7 Å². The summed E-state index contributed by atoms with van der Waals surface area (Å²) in [6, 6.07) is 0. The highest BCUT2D eigenvalue weighted by Gasteiger charge is 2.09. The van der Waals surface area contributed by atoms with Gasteiger partial charge in [0.1, 0.15) is 0 Å². The molecule has 1 rings (SSSR count). The normalized spacial score (nSPS) is 10.6. The molecule has 0 fully saturated rings. The topological polar surface area (TPSA) is 25.8 Å². The second-order valence-electron chi connectivity index (χ2n) is 3.20. The maximum Gasteiger partial charge on any atom is 0.150 e. The van der Waals surface area contributed by atoms with Crippen molar-refractivity contribution >= 4 is 23.2 Å². The Morgan fingerprint density at radius 1 is 0.857 bits per heavy atom. The minimum absolute atomic E-state index is 0.500. The molecule has 1 aromatic heterocycles. The van der Waals surface area contributed by atoms with Crippen LogP contribution in [0, 0.1) is 0 Å². The molecule has 0 bridgehead atoms. The van der Waals surface area contributed by atoms with E-state index in [1.165, 1.54) is 0 Å². The molecular formula is C10H14Cl2N2. The summed E-state index contributed by atoms with van der Waals surface area (Å²) in [4.78, 5) is 8.50. The predicted octanol–water partition coefficient (Wildman–Crippen LogP) is 3.69. The molecule has 2 nitrogen and oxygen atoms in total. The monoisotopic (exact) mass is 232 g/mol. The van der Waals surface area contributed by atoms with Crippen LogP contribution in [0.2, 0.25) is 10.3 Å². The number of nitrogens with zero attached hydrogens (tertiary/aromatic N) is 2. The molecule has 0 aromatic carbocycles. The standard InChI is InChI=1S/C10H14Cl2N2/c1-3-5-7-9(11)14-8(6-4-2)10(12)13-7/h3-6H2,1-2H3. The van der Waals surface area contributed by atoms with Gasteiger partial charge in [-0.05, 0) is 12.8 Å². The van der Waals surface area contributed by atoms with Crippen LogP contribution < -0.4 is 0 Å². The Kier molecular flexibility index (Phi) is 4.63. The van der Waals surface area contributed by atoms with Gasteiger partial charge in [0.2, 0.25) is 0 Å². The van der Waals surface area contributed by atoms with Crippen LogP contribution in [-0.2, 0) is 12.8 Å². The Bertz CT molecular complexity index is 281. The molecule has 1 aromatic rings. The molecule has 0 amide bonds. The van der Waals surface area contributed by atoms with Crippen molar-refractivity contribution in [1.29, 1.82) is 0 Å². The second kappa shape index (κ2) is 5.52. The summed E-state index contributed by atoms with van der Waals surface area (Å²) in [5.41, 5.74) is 1.61. The quantitative estimate of drug-likeness (QED) is 0.792. The highest BCUT2D eigenvalue weighted by molar-refractivity contribution is 6.32. The van der Waals surface area contributed by atoms with Crippen molar-refractivity contribution in [3.63, 3.8) is 0 Å². The lowest BCUT2D eigenvalue weighted by molar-refractivity contribution is 0.830. The van der Waals surface area contributed by atoms with Crippen molar-refractivity contribution in [3.05, 3.63) is 21.7 Å². The van der Waals surface area contributed by atoms with E-state index in [4.69, 9.17) is 23.2 Å². The first-order chi connectivity index (χ1) is 6.69. The first kappa shape index (κ1) is 11.7. The summed E-state index contributed by atoms with van der Waals surface area (Å²) in [6.07, 6.45) is 3.66. The summed E-state index contributed by atoms with van der Waals surface area (Å²) in [5, 5.41) is 0.999. The SMILES string of the molecule is CCCc1nc(Cl)c(CCC)nc1Cl. The van der Waals surface area contributed by atoms with Gasteiger partial charge in [0.15, 0.2) is 10.3 Å². The Balaban J connectivity index is 2.97. The van der Waals surface area contributed by atoms with Crippen LogP contribution >= 0.6 is 23.2 Å². The molecule has 0 aliphatic rings. The Morgan fingerprint density at radius 2 is 1.21 bits per heavy atom. The van der Waals surface area contributed by atoms with Crippen LogP contribution in [0.25, 0.3) is 0 Å². The Hall–Kier alpha value is -0.340. The van der Waals surface area contributed by atoms with Gasteiger partial charge >= 0.3 is 0 Å². The van der Waals surface area contributed by atoms with Crippen LogP contribution in [0.1, 0.15) is 38.1 Å². The fourth-order valence-electron chi connectivity index (χ4n) is 1.25. The number of aryl methyl sites for hydroxylation is 2. The average Bonchev–Trinajstić information content (AvgIpc) is 2.14. The zero-order chi connectivity index (χ0) is 10.6. The van der Waals surface area contributed by atoms with Gasteiger partial charge in [-0.1, -0.05) is 49.9 Å². The number of hydrogen-bond acceptors (Lipinski definition) is 2. The molecule has 0 aliphatic heterocycles. The highest BCUT2D eigenvalue weighted by atomic mass is 35.5. The third-order valence-corrected chi connectivity index (χ3v) is 2.52. The molecule has 78 valence electrons. The van der Waals surface area contributed by atoms with Crippen molar-refractivity contribution in [1.82, 2.24) is 9.97 Å². The minimum atomic E-state index is 0.500. The zero-order valence-electron chi connectivity index (χ0n) is 8.48.